The van der Waals surface area contributed by atoms with Crippen LogP contribution in [-0.2, 0) is 16.1 Å². The topological polar surface area (TPSA) is 87.3 Å². The van der Waals surface area contributed by atoms with Crippen molar-refractivity contribution in [3.63, 3.8) is 0 Å². The Balaban J connectivity index is 1.64. The summed E-state index contributed by atoms with van der Waals surface area (Å²) in [5, 5.41) is 7.43. The molecule has 0 unspecified atom stereocenters. The van der Waals surface area contributed by atoms with Crippen LogP contribution in [0.2, 0.25) is 0 Å². The molecule has 3 amide bonds. The summed E-state index contributed by atoms with van der Waals surface area (Å²) in [6, 6.07) is 11.9. The zero-order valence-electron chi connectivity index (χ0n) is 14.4. The van der Waals surface area contributed by atoms with Crippen molar-refractivity contribution in [3.8, 4) is 0 Å². The van der Waals surface area contributed by atoms with Crippen molar-refractivity contribution in [2.45, 2.75) is 13.0 Å². The van der Waals surface area contributed by atoms with Gasteiger partial charge in [-0.3, -0.25) is 14.4 Å². The van der Waals surface area contributed by atoms with Gasteiger partial charge in [-0.1, -0.05) is 30.3 Å². The van der Waals surface area contributed by atoms with Crippen molar-refractivity contribution in [3.05, 3.63) is 71.3 Å². The van der Waals surface area contributed by atoms with E-state index in [2.05, 4.69) is 16.0 Å². The van der Waals surface area contributed by atoms with Gasteiger partial charge in [0, 0.05) is 25.6 Å². The number of halogens is 2. The van der Waals surface area contributed by atoms with Gasteiger partial charge in [-0.25, -0.2) is 8.78 Å². The molecule has 0 saturated carbocycles. The molecule has 27 heavy (non-hydrogen) atoms. The van der Waals surface area contributed by atoms with Crippen LogP contribution in [0.15, 0.2) is 48.5 Å². The predicted molar refractivity (Wildman–Crippen MR) is 94.6 cm³/mol. The summed E-state index contributed by atoms with van der Waals surface area (Å²) in [5.74, 6) is -3.39. The third-order valence-corrected chi connectivity index (χ3v) is 3.59. The molecule has 0 saturated heterocycles. The fourth-order valence-corrected chi connectivity index (χ4v) is 2.19. The molecule has 2 aromatic carbocycles. The van der Waals surface area contributed by atoms with Gasteiger partial charge < -0.3 is 16.0 Å². The highest BCUT2D eigenvalue weighted by Crippen LogP contribution is 2.09. The zero-order valence-corrected chi connectivity index (χ0v) is 14.4. The van der Waals surface area contributed by atoms with E-state index in [1.165, 1.54) is 0 Å². The van der Waals surface area contributed by atoms with Crippen LogP contribution in [0, 0.1) is 11.6 Å². The second-order valence-corrected chi connectivity index (χ2v) is 5.67. The van der Waals surface area contributed by atoms with E-state index < -0.39 is 23.4 Å². The number of carbonyl (C=O) groups is 3. The predicted octanol–water partition coefficient (Wildman–Crippen LogP) is 1.52. The summed E-state index contributed by atoms with van der Waals surface area (Å²) in [6.45, 7) is 0.106. The molecule has 6 nitrogen and oxygen atoms in total. The van der Waals surface area contributed by atoms with Crippen LogP contribution < -0.4 is 16.0 Å². The molecule has 0 bridgehead atoms. The Hall–Kier alpha value is -3.29. The van der Waals surface area contributed by atoms with Crippen LogP contribution >= 0.6 is 0 Å². The molecule has 2 rings (SSSR count). The molecule has 0 fully saturated rings. The fourth-order valence-electron chi connectivity index (χ4n) is 2.19. The monoisotopic (exact) mass is 375 g/mol. The van der Waals surface area contributed by atoms with Gasteiger partial charge in [0.25, 0.3) is 5.91 Å². The molecule has 2 aromatic rings. The van der Waals surface area contributed by atoms with Crippen molar-refractivity contribution in [2.24, 2.45) is 0 Å². The first-order valence-corrected chi connectivity index (χ1v) is 8.26. The first kappa shape index (κ1) is 20.0. The molecule has 0 aliphatic carbocycles. The van der Waals surface area contributed by atoms with Crippen molar-refractivity contribution in [2.75, 3.05) is 13.1 Å². The maximum absolute atomic E-state index is 13.5. The minimum atomic E-state index is -1.01. The average Bonchev–Trinajstić information content (AvgIpc) is 2.65. The fraction of sp³-hybridized carbons (Fsp3) is 0.211. The molecular formula is C19H19F2N3O3. The first-order chi connectivity index (χ1) is 13.0. The lowest BCUT2D eigenvalue weighted by molar-refractivity contribution is -0.122. The third kappa shape index (κ3) is 6.85. The average molecular weight is 375 g/mol. The summed E-state index contributed by atoms with van der Waals surface area (Å²) in [7, 11) is 0. The van der Waals surface area contributed by atoms with Gasteiger partial charge in [-0.2, -0.15) is 0 Å². The largest absolute Gasteiger partial charge is 0.354 e. The van der Waals surface area contributed by atoms with Gasteiger partial charge in [0.2, 0.25) is 11.8 Å². The molecular weight excluding hydrogens is 356 g/mol. The zero-order chi connectivity index (χ0) is 19.6. The highest BCUT2D eigenvalue weighted by Gasteiger charge is 2.13. The molecule has 142 valence electrons. The van der Waals surface area contributed by atoms with Gasteiger partial charge >= 0.3 is 0 Å². The van der Waals surface area contributed by atoms with Gasteiger partial charge in [0.1, 0.15) is 11.6 Å². The minimum Gasteiger partial charge on any atom is -0.354 e. The smallest absolute Gasteiger partial charge is 0.254 e. The van der Waals surface area contributed by atoms with Crippen LogP contribution in [0.25, 0.3) is 0 Å². The molecule has 8 heteroatoms. The van der Waals surface area contributed by atoms with Crippen LogP contribution in [0.3, 0.4) is 0 Å². The van der Waals surface area contributed by atoms with Crippen molar-refractivity contribution in [1.82, 2.24) is 16.0 Å². The quantitative estimate of drug-likeness (QED) is 0.654. The Labute approximate surface area is 155 Å². The Morgan fingerprint density at radius 2 is 1.59 bits per heavy atom. The highest BCUT2D eigenvalue weighted by atomic mass is 19.1. The van der Waals surface area contributed by atoms with Gasteiger partial charge in [0.15, 0.2) is 0 Å². The van der Waals surface area contributed by atoms with E-state index in [9.17, 15) is 23.2 Å². The normalized spacial score (nSPS) is 10.1. The van der Waals surface area contributed by atoms with Crippen molar-refractivity contribution >= 4 is 17.7 Å². The van der Waals surface area contributed by atoms with E-state index in [0.29, 0.717) is 12.6 Å². The highest BCUT2D eigenvalue weighted by molar-refractivity contribution is 5.96. The number of rotatable bonds is 8. The molecule has 0 radical (unpaired) electrons. The van der Waals surface area contributed by atoms with Crippen LogP contribution in [-0.4, -0.2) is 30.8 Å². The Kier molecular flexibility index (Phi) is 7.42. The number of benzene rings is 2. The van der Waals surface area contributed by atoms with E-state index in [-0.39, 0.29) is 31.0 Å². The molecule has 0 spiro atoms. The maximum atomic E-state index is 13.5. The minimum absolute atomic E-state index is 0.0825. The second-order valence-electron chi connectivity index (χ2n) is 5.67. The number of carbonyl (C=O) groups excluding carboxylic acids is 3. The van der Waals surface area contributed by atoms with Gasteiger partial charge in [-0.05, 0) is 17.7 Å². The van der Waals surface area contributed by atoms with E-state index in [1.54, 1.807) is 0 Å². The lowest BCUT2D eigenvalue weighted by Gasteiger charge is -2.08. The van der Waals surface area contributed by atoms with Crippen LogP contribution in [0.4, 0.5) is 8.78 Å². The van der Waals surface area contributed by atoms with E-state index in [4.69, 9.17) is 0 Å². The Morgan fingerprint density at radius 1 is 0.852 bits per heavy atom. The number of amides is 3. The lowest BCUT2D eigenvalue weighted by Crippen LogP contribution is -2.38. The van der Waals surface area contributed by atoms with E-state index in [0.717, 1.165) is 17.7 Å². The van der Waals surface area contributed by atoms with Gasteiger partial charge in [0.05, 0.1) is 12.1 Å². The maximum Gasteiger partial charge on any atom is 0.254 e. The first-order valence-electron chi connectivity index (χ1n) is 8.26. The van der Waals surface area contributed by atoms with Crippen molar-refractivity contribution < 1.29 is 23.2 Å². The molecule has 0 aromatic heterocycles. The Bertz CT molecular complexity index is 813. The summed E-state index contributed by atoms with van der Waals surface area (Å²) >= 11 is 0. The summed E-state index contributed by atoms with van der Waals surface area (Å²) < 4.78 is 26.3. The molecule has 0 aliphatic heterocycles. The molecule has 3 N–H and O–H groups in total. The summed E-state index contributed by atoms with van der Waals surface area (Å²) in [4.78, 5) is 35.1. The van der Waals surface area contributed by atoms with Gasteiger partial charge in [-0.15, -0.1) is 0 Å². The second kappa shape index (κ2) is 10.0. The SMILES string of the molecule is O=C(CCNC(=O)CNC(=O)c1ccc(F)cc1F)NCc1ccccc1. The number of nitrogens with one attached hydrogen (secondary N) is 3. The standard InChI is InChI=1S/C19H19F2N3O3/c20-14-6-7-15(16(21)10-14)19(27)24-12-18(26)22-9-8-17(25)23-11-13-4-2-1-3-5-13/h1-7,10H,8-9,11-12H2,(H,22,26)(H,23,25)(H,24,27). The van der Waals surface area contributed by atoms with E-state index >= 15 is 0 Å². The van der Waals surface area contributed by atoms with Crippen LogP contribution in [0.1, 0.15) is 22.3 Å². The number of hydrogen-bond donors (Lipinski definition) is 3. The Morgan fingerprint density at radius 3 is 2.30 bits per heavy atom. The lowest BCUT2D eigenvalue weighted by atomic mass is 10.2. The molecule has 0 heterocycles. The third-order valence-electron chi connectivity index (χ3n) is 3.59. The summed E-state index contributed by atoms with van der Waals surface area (Å²) in [5.41, 5.74) is 0.607. The van der Waals surface area contributed by atoms with Crippen molar-refractivity contribution in [1.29, 1.82) is 0 Å². The molecule has 0 atom stereocenters. The summed E-state index contributed by atoms with van der Waals surface area (Å²) in [6.07, 6.45) is 0.0825. The molecule has 0 aliphatic rings. The number of hydrogen-bond acceptors (Lipinski definition) is 3. The van der Waals surface area contributed by atoms with E-state index in [1.807, 2.05) is 30.3 Å². The van der Waals surface area contributed by atoms with Crippen LogP contribution in [0.5, 0.6) is 0 Å².